The number of hydrogen-bond acceptors (Lipinski definition) is 5. The van der Waals surface area contributed by atoms with E-state index in [9.17, 15) is 4.79 Å². The Morgan fingerprint density at radius 1 is 1.19 bits per heavy atom. The molecule has 1 amide bonds. The third-order valence-corrected chi connectivity index (χ3v) is 6.06. The van der Waals surface area contributed by atoms with Crippen molar-refractivity contribution < 1.29 is 9.53 Å². The first-order valence-corrected chi connectivity index (χ1v) is 10.8. The highest BCUT2D eigenvalue weighted by Gasteiger charge is 2.10. The summed E-state index contributed by atoms with van der Waals surface area (Å²) in [4.78, 5) is 16.5. The summed E-state index contributed by atoms with van der Waals surface area (Å²) in [6.07, 6.45) is 0. The van der Waals surface area contributed by atoms with Gasteiger partial charge in [-0.3, -0.25) is 4.79 Å². The van der Waals surface area contributed by atoms with Crippen LogP contribution in [0, 0.1) is 19.8 Å². The minimum absolute atomic E-state index is 0.0250. The summed E-state index contributed by atoms with van der Waals surface area (Å²) in [5.74, 6) is 1.74. The Kier molecular flexibility index (Phi) is 6.39. The molecule has 3 rings (SSSR count). The Morgan fingerprint density at radius 3 is 2.63 bits per heavy atom. The summed E-state index contributed by atoms with van der Waals surface area (Å²) in [5.41, 5.74) is 4.20. The number of benzene rings is 2. The van der Waals surface area contributed by atoms with Gasteiger partial charge in [0.05, 0.1) is 16.8 Å². The molecule has 0 aliphatic heterocycles. The van der Waals surface area contributed by atoms with Crippen LogP contribution in [0.5, 0.6) is 5.75 Å². The van der Waals surface area contributed by atoms with Crippen molar-refractivity contribution in [2.24, 2.45) is 5.92 Å². The number of rotatable bonds is 7. The molecule has 4 nitrogen and oxygen atoms in total. The molecule has 2 aromatic carbocycles. The minimum Gasteiger partial charge on any atom is -0.493 e. The normalized spacial score (nSPS) is 11.1. The van der Waals surface area contributed by atoms with Crippen molar-refractivity contribution in [3.05, 3.63) is 47.5 Å². The van der Waals surface area contributed by atoms with Crippen LogP contribution in [0.4, 0.5) is 5.69 Å². The predicted molar refractivity (Wildman–Crippen MR) is 115 cm³/mol. The van der Waals surface area contributed by atoms with Crippen molar-refractivity contribution in [1.29, 1.82) is 0 Å². The molecule has 0 fully saturated rings. The number of amides is 1. The Hall–Kier alpha value is -2.05. The smallest absolute Gasteiger partial charge is 0.226 e. The molecule has 0 spiro atoms. The van der Waals surface area contributed by atoms with E-state index in [4.69, 9.17) is 4.74 Å². The van der Waals surface area contributed by atoms with Crippen LogP contribution >= 0.6 is 23.1 Å². The molecule has 0 bridgehead atoms. The van der Waals surface area contributed by atoms with Gasteiger partial charge in [0.15, 0.2) is 4.34 Å². The second-order valence-electron chi connectivity index (χ2n) is 6.83. The van der Waals surface area contributed by atoms with Crippen molar-refractivity contribution in [3.63, 3.8) is 0 Å². The van der Waals surface area contributed by atoms with Crippen LogP contribution in [0.1, 0.15) is 25.0 Å². The molecule has 27 heavy (non-hydrogen) atoms. The van der Waals surface area contributed by atoms with E-state index in [-0.39, 0.29) is 11.8 Å². The van der Waals surface area contributed by atoms with Crippen LogP contribution in [0.15, 0.2) is 40.7 Å². The van der Waals surface area contributed by atoms with Gasteiger partial charge in [-0.1, -0.05) is 31.7 Å². The Labute approximate surface area is 168 Å². The van der Waals surface area contributed by atoms with Gasteiger partial charge in [-0.15, -0.1) is 11.3 Å². The second-order valence-corrected chi connectivity index (χ2v) is 9.20. The number of hydrogen-bond donors (Lipinski definition) is 1. The van der Waals surface area contributed by atoms with Crippen molar-refractivity contribution >= 4 is 44.9 Å². The molecule has 6 heteroatoms. The molecule has 0 radical (unpaired) electrons. The molecule has 3 aromatic rings. The maximum atomic E-state index is 11.8. The fourth-order valence-corrected chi connectivity index (χ4v) is 4.63. The number of thioether (sulfide) groups is 1. The third kappa shape index (κ3) is 5.47. The van der Waals surface area contributed by atoms with Crippen molar-refractivity contribution in [2.45, 2.75) is 32.0 Å². The van der Waals surface area contributed by atoms with Gasteiger partial charge in [-0.2, -0.15) is 0 Å². The molecule has 0 saturated carbocycles. The van der Waals surface area contributed by atoms with E-state index in [1.807, 2.05) is 32.0 Å². The molecule has 0 aliphatic rings. The van der Waals surface area contributed by atoms with Gasteiger partial charge >= 0.3 is 0 Å². The zero-order valence-corrected chi connectivity index (χ0v) is 17.7. The molecular formula is C21H24N2O2S2. The number of carbonyl (C=O) groups excluding carboxylic acids is 1. The molecule has 1 heterocycles. The van der Waals surface area contributed by atoms with Gasteiger partial charge < -0.3 is 10.1 Å². The molecular weight excluding hydrogens is 376 g/mol. The number of nitrogens with one attached hydrogen (secondary N) is 1. The summed E-state index contributed by atoms with van der Waals surface area (Å²) in [6, 6.07) is 12.1. The standard InChI is InChI=1S/C21H24N2O2S2/c1-13(2)20(24)22-16-5-6-18-19(12-16)27-21(23-18)26-8-7-25-17-10-14(3)9-15(4)11-17/h5-6,9-13H,7-8H2,1-4H3,(H,22,24). The third-order valence-electron chi connectivity index (χ3n) is 3.93. The molecule has 0 atom stereocenters. The van der Waals surface area contributed by atoms with Crippen LogP contribution in [-0.4, -0.2) is 23.3 Å². The van der Waals surface area contributed by atoms with Gasteiger partial charge in [0.1, 0.15) is 5.75 Å². The van der Waals surface area contributed by atoms with Crippen molar-refractivity contribution in [2.75, 3.05) is 17.7 Å². The van der Waals surface area contributed by atoms with Crippen LogP contribution in [0.3, 0.4) is 0 Å². The van der Waals surface area contributed by atoms with E-state index in [1.165, 1.54) is 11.1 Å². The van der Waals surface area contributed by atoms with Gasteiger partial charge in [0.2, 0.25) is 5.91 Å². The quantitative estimate of drug-likeness (QED) is 0.409. The van der Waals surface area contributed by atoms with E-state index in [0.717, 1.165) is 31.7 Å². The number of aryl methyl sites for hydroxylation is 2. The summed E-state index contributed by atoms with van der Waals surface area (Å²) in [6.45, 7) is 8.56. The number of ether oxygens (including phenoxy) is 1. The summed E-state index contributed by atoms with van der Waals surface area (Å²) < 4.78 is 7.95. The van der Waals surface area contributed by atoms with Crippen molar-refractivity contribution in [1.82, 2.24) is 4.98 Å². The van der Waals surface area contributed by atoms with Gasteiger partial charge in [-0.25, -0.2) is 4.98 Å². The number of anilines is 1. The largest absolute Gasteiger partial charge is 0.493 e. The lowest BCUT2D eigenvalue weighted by atomic mass is 10.1. The lowest BCUT2D eigenvalue weighted by Gasteiger charge is -2.07. The highest BCUT2D eigenvalue weighted by molar-refractivity contribution is 8.01. The average Bonchev–Trinajstić information content (AvgIpc) is 3.00. The highest BCUT2D eigenvalue weighted by atomic mass is 32.2. The molecule has 0 aliphatic carbocycles. The van der Waals surface area contributed by atoms with Crippen LogP contribution in [0.2, 0.25) is 0 Å². The van der Waals surface area contributed by atoms with Crippen LogP contribution in [0.25, 0.3) is 10.2 Å². The average molecular weight is 401 g/mol. The molecule has 1 aromatic heterocycles. The number of nitrogens with zero attached hydrogens (tertiary/aromatic N) is 1. The van der Waals surface area contributed by atoms with E-state index >= 15 is 0 Å². The van der Waals surface area contributed by atoms with Gasteiger partial charge in [-0.05, 0) is 55.3 Å². The second kappa shape index (κ2) is 8.76. The number of thiazole rings is 1. The zero-order valence-electron chi connectivity index (χ0n) is 16.0. The first-order chi connectivity index (χ1) is 12.9. The Bertz CT molecular complexity index is 930. The fourth-order valence-electron chi connectivity index (χ4n) is 2.63. The summed E-state index contributed by atoms with van der Waals surface area (Å²) >= 11 is 3.34. The maximum Gasteiger partial charge on any atom is 0.226 e. The summed E-state index contributed by atoms with van der Waals surface area (Å²) in [7, 11) is 0. The lowest BCUT2D eigenvalue weighted by molar-refractivity contribution is -0.118. The number of carbonyl (C=O) groups is 1. The topological polar surface area (TPSA) is 51.2 Å². The number of aromatic nitrogens is 1. The van der Waals surface area contributed by atoms with E-state index in [1.54, 1.807) is 23.1 Å². The molecule has 142 valence electrons. The van der Waals surface area contributed by atoms with Gasteiger partial charge in [0.25, 0.3) is 0 Å². The fraction of sp³-hybridized carbons (Fsp3) is 0.333. The van der Waals surface area contributed by atoms with Crippen molar-refractivity contribution in [3.8, 4) is 5.75 Å². The highest BCUT2D eigenvalue weighted by Crippen LogP contribution is 2.31. The monoisotopic (exact) mass is 400 g/mol. The maximum absolute atomic E-state index is 11.8. The Morgan fingerprint density at radius 2 is 1.93 bits per heavy atom. The first-order valence-electron chi connectivity index (χ1n) is 8.96. The lowest BCUT2D eigenvalue weighted by Crippen LogP contribution is -2.17. The predicted octanol–water partition coefficient (Wildman–Crippen LogP) is 5.68. The van der Waals surface area contributed by atoms with Crippen LogP contribution in [-0.2, 0) is 4.79 Å². The molecule has 0 saturated heterocycles. The van der Waals surface area contributed by atoms with Crippen LogP contribution < -0.4 is 10.1 Å². The Balaban J connectivity index is 1.56. The summed E-state index contributed by atoms with van der Waals surface area (Å²) in [5, 5.41) is 2.94. The van der Waals surface area contributed by atoms with E-state index in [0.29, 0.717) is 6.61 Å². The van der Waals surface area contributed by atoms with E-state index < -0.39 is 0 Å². The molecule has 0 unspecified atom stereocenters. The molecule has 1 N–H and O–H groups in total. The first kappa shape index (κ1) is 19.7. The number of fused-ring (bicyclic) bond motifs is 1. The SMILES string of the molecule is Cc1cc(C)cc(OCCSc2nc3ccc(NC(=O)C(C)C)cc3s2)c1. The zero-order chi connectivity index (χ0) is 19.4. The van der Waals surface area contributed by atoms with Gasteiger partial charge in [0, 0.05) is 17.4 Å². The van der Waals surface area contributed by atoms with E-state index in [2.05, 4.69) is 42.3 Å². The minimum atomic E-state index is -0.0366.